The lowest BCUT2D eigenvalue weighted by Gasteiger charge is -2.35. The van der Waals surface area contributed by atoms with Gasteiger partial charge in [-0.15, -0.1) is 24.8 Å². The molecule has 1 aliphatic carbocycles. The summed E-state index contributed by atoms with van der Waals surface area (Å²) in [5, 5.41) is 3.05. The van der Waals surface area contributed by atoms with Crippen LogP contribution in [0.25, 0.3) is 0 Å². The zero-order valence-electron chi connectivity index (χ0n) is 17.2. The van der Waals surface area contributed by atoms with Gasteiger partial charge in [0.2, 0.25) is 5.91 Å². The van der Waals surface area contributed by atoms with Crippen LogP contribution in [0.1, 0.15) is 57.1 Å². The largest absolute Gasteiger partial charge is 0.352 e. The molecule has 0 spiro atoms. The van der Waals surface area contributed by atoms with Crippen molar-refractivity contribution in [3.63, 3.8) is 0 Å². The average Bonchev–Trinajstić information content (AvgIpc) is 2.98. The van der Waals surface area contributed by atoms with E-state index >= 15 is 0 Å². The summed E-state index contributed by atoms with van der Waals surface area (Å²) in [7, 11) is 0. The molecule has 2 fully saturated rings. The second-order valence-electron chi connectivity index (χ2n) is 8.79. The molecule has 160 valence electrons. The van der Waals surface area contributed by atoms with Crippen LogP contribution in [0.5, 0.6) is 0 Å². The number of benzene rings is 1. The minimum absolute atomic E-state index is 0. The fourth-order valence-corrected chi connectivity index (χ4v) is 4.77. The summed E-state index contributed by atoms with van der Waals surface area (Å²) >= 11 is 0. The van der Waals surface area contributed by atoms with E-state index < -0.39 is 0 Å². The number of nitrogens with zero attached hydrogens (tertiary/aromatic N) is 1. The van der Waals surface area contributed by atoms with Crippen molar-refractivity contribution in [2.24, 2.45) is 23.5 Å². The Hall–Kier alpha value is -0.810. The number of nitrogens with one attached hydrogen (secondary N) is 1. The number of hydrogen-bond donors (Lipinski definition) is 2. The van der Waals surface area contributed by atoms with E-state index in [0.717, 1.165) is 37.6 Å². The van der Waals surface area contributed by atoms with Gasteiger partial charge in [0, 0.05) is 38.6 Å². The molecule has 0 bridgehead atoms. The van der Waals surface area contributed by atoms with Gasteiger partial charge < -0.3 is 11.1 Å². The van der Waals surface area contributed by atoms with Crippen molar-refractivity contribution in [3.8, 4) is 0 Å². The van der Waals surface area contributed by atoms with Crippen molar-refractivity contribution in [2.45, 2.75) is 65.1 Å². The van der Waals surface area contributed by atoms with Crippen LogP contribution < -0.4 is 11.1 Å². The molecule has 0 radical (unpaired) electrons. The molecule has 4 nitrogen and oxygen atoms in total. The van der Waals surface area contributed by atoms with Gasteiger partial charge in [0.15, 0.2) is 0 Å². The maximum Gasteiger partial charge on any atom is 0.220 e. The molecule has 2 aliphatic rings. The molecule has 1 amide bonds. The molecule has 2 unspecified atom stereocenters. The van der Waals surface area contributed by atoms with Crippen molar-refractivity contribution in [1.82, 2.24) is 10.2 Å². The number of piperidine rings is 1. The van der Waals surface area contributed by atoms with Gasteiger partial charge in [0.05, 0.1) is 0 Å². The zero-order valence-corrected chi connectivity index (χ0v) is 18.9. The summed E-state index contributed by atoms with van der Waals surface area (Å²) in [5.41, 5.74) is 8.59. The minimum atomic E-state index is 0. The molecular formula is C22H37Cl2N3O. The van der Waals surface area contributed by atoms with E-state index in [2.05, 4.69) is 48.3 Å². The lowest BCUT2D eigenvalue weighted by atomic mass is 9.91. The second kappa shape index (κ2) is 12.0. The Morgan fingerprint density at radius 2 is 1.68 bits per heavy atom. The molecule has 0 aromatic heterocycles. The summed E-state index contributed by atoms with van der Waals surface area (Å²) < 4.78 is 0. The van der Waals surface area contributed by atoms with Crippen molar-refractivity contribution >= 4 is 30.7 Å². The molecule has 6 heteroatoms. The third kappa shape index (κ3) is 7.55. The normalized spacial score (nSPS) is 27.5. The first kappa shape index (κ1) is 25.2. The van der Waals surface area contributed by atoms with Crippen molar-refractivity contribution in [3.05, 3.63) is 35.4 Å². The van der Waals surface area contributed by atoms with E-state index in [1.54, 1.807) is 0 Å². The number of carbonyl (C=O) groups is 1. The highest BCUT2D eigenvalue weighted by Gasteiger charge is 2.26. The topological polar surface area (TPSA) is 58.4 Å². The van der Waals surface area contributed by atoms with Crippen LogP contribution in [-0.2, 0) is 17.9 Å². The Balaban J connectivity index is 0.00000196. The Morgan fingerprint density at radius 1 is 1.07 bits per heavy atom. The standard InChI is InChI=1S/C22H35N3O.2ClH/c1-16-10-17(2)14-25(13-16)15-19-8-6-18(7-9-19)12-24-22(26)11-20-4-3-5-21(20)23;;/h6-9,16-17,20-21H,3-5,10-15,23H2,1-2H3,(H,24,26);2*1H/t16?,17?,20-,21+;;/m0../s1. The molecule has 4 atom stereocenters. The summed E-state index contributed by atoms with van der Waals surface area (Å²) in [4.78, 5) is 14.7. The lowest BCUT2D eigenvalue weighted by molar-refractivity contribution is -0.122. The van der Waals surface area contributed by atoms with Crippen LogP contribution in [0, 0.1) is 17.8 Å². The van der Waals surface area contributed by atoms with E-state index in [1.807, 2.05) is 0 Å². The van der Waals surface area contributed by atoms with Crippen LogP contribution in [0.15, 0.2) is 24.3 Å². The Bertz CT molecular complexity index is 586. The number of carbonyl (C=O) groups excluding carboxylic acids is 1. The van der Waals surface area contributed by atoms with E-state index in [9.17, 15) is 4.79 Å². The third-order valence-corrected chi connectivity index (χ3v) is 6.03. The molecular weight excluding hydrogens is 393 g/mol. The highest BCUT2D eigenvalue weighted by molar-refractivity contribution is 5.85. The number of hydrogen-bond acceptors (Lipinski definition) is 3. The van der Waals surface area contributed by atoms with Gasteiger partial charge in [-0.05, 0) is 48.1 Å². The number of rotatable bonds is 6. The maximum atomic E-state index is 12.1. The maximum absolute atomic E-state index is 12.1. The molecule has 1 saturated heterocycles. The molecule has 1 aromatic carbocycles. The quantitative estimate of drug-likeness (QED) is 0.713. The monoisotopic (exact) mass is 429 g/mol. The van der Waals surface area contributed by atoms with E-state index in [1.165, 1.54) is 30.6 Å². The van der Waals surface area contributed by atoms with E-state index in [0.29, 0.717) is 18.9 Å². The van der Waals surface area contributed by atoms with Gasteiger partial charge in [0.1, 0.15) is 0 Å². The third-order valence-electron chi connectivity index (χ3n) is 6.03. The fraction of sp³-hybridized carbons (Fsp3) is 0.682. The Labute approximate surface area is 182 Å². The smallest absolute Gasteiger partial charge is 0.220 e. The average molecular weight is 430 g/mol. The molecule has 1 aromatic rings. The predicted octanol–water partition coefficient (Wildman–Crippen LogP) is 4.14. The molecule has 3 N–H and O–H groups in total. The predicted molar refractivity (Wildman–Crippen MR) is 121 cm³/mol. The van der Waals surface area contributed by atoms with E-state index in [-0.39, 0.29) is 36.8 Å². The molecule has 1 heterocycles. The Kier molecular flexibility index (Phi) is 10.8. The SMILES string of the molecule is CC1CC(C)CN(Cc2ccc(CNC(=O)C[C@@H]3CCC[C@H]3N)cc2)C1.Cl.Cl. The van der Waals surface area contributed by atoms with Gasteiger partial charge in [-0.2, -0.15) is 0 Å². The molecule has 1 aliphatic heterocycles. The molecule has 1 saturated carbocycles. The minimum Gasteiger partial charge on any atom is -0.352 e. The van der Waals surface area contributed by atoms with Crippen LogP contribution in [0.3, 0.4) is 0 Å². The first-order valence-corrected chi connectivity index (χ1v) is 10.3. The lowest BCUT2D eigenvalue weighted by Crippen LogP contribution is -2.38. The van der Waals surface area contributed by atoms with Gasteiger partial charge in [-0.1, -0.05) is 44.5 Å². The van der Waals surface area contributed by atoms with Gasteiger partial charge in [0.25, 0.3) is 0 Å². The van der Waals surface area contributed by atoms with Crippen LogP contribution >= 0.6 is 24.8 Å². The van der Waals surface area contributed by atoms with Crippen molar-refractivity contribution in [2.75, 3.05) is 13.1 Å². The Morgan fingerprint density at radius 3 is 2.25 bits per heavy atom. The van der Waals surface area contributed by atoms with Gasteiger partial charge in [-0.25, -0.2) is 0 Å². The molecule has 3 rings (SSSR count). The number of amides is 1. The molecule has 28 heavy (non-hydrogen) atoms. The second-order valence-corrected chi connectivity index (χ2v) is 8.79. The fourth-order valence-electron chi connectivity index (χ4n) is 4.77. The highest BCUT2D eigenvalue weighted by Crippen LogP contribution is 2.26. The number of nitrogens with two attached hydrogens (primary N) is 1. The van der Waals surface area contributed by atoms with Crippen LogP contribution in [-0.4, -0.2) is 29.9 Å². The number of halogens is 2. The van der Waals surface area contributed by atoms with Crippen molar-refractivity contribution in [1.29, 1.82) is 0 Å². The highest BCUT2D eigenvalue weighted by atomic mass is 35.5. The van der Waals surface area contributed by atoms with Gasteiger partial charge in [-0.3, -0.25) is 9.69 Å². The van der Waals surface area contributed by atoms with E-state index in [4.69, 9.17) is 5.73 Å². The van der Waals surface area contributed by atoms with Crippen LogP contribution in [0.4, 0.5) is 0 Å². The summed E-state index contributed by atoms with van der Waals surface area (Å²) in [6, 6.07) is 8.91. The zero-order chi connectivity index (χ0) is 18.5. The summed E-state index contributed by atoms with van der Waals surface area (Å²) in [5.74, 6) is 2.09. The summed E-state index contributed by atoms with van der Waals surface area (Å²) in [6.07, 6.45) is 5.24. The number of likely N-dealkylation sites (tertiary alicyclic amines) is 1. The summed E-state index contributed by atoms with van der Waals surface area (Å²) in [6.45, 7) is 8.75. The van der Waals surface area contributed by atoms with Gasteiger partial charge >= 0.3 is 0 Å². The van der Waals surface area contributed by atoms with Crippen molar-refractivity contribution < 1.29 is 4.79 Å². The first-order chi connectivity index (χ1) is 12.5. The van der Waals surface area contributed by atoms with Crippen LogP contribution in [0.2, 0.25) is 0 Å². The first-order valence-electron chi connectivity index (χ1n) is 10.3.